The van der Waals surface area contributed by atoms with E-state index in [1.807, 2.05) is 0 Å². The van der Waals surface area contributed by atoms with Gasteiger partial charge in [0.1, 0.15) is 0 Å². The molecule has 0 nitrogen and oxygen atoms in total. The third-order valence-corrected chi connectivity index (χ3v) is 6.60. The summed E-state index contributed by atoms with van der Waals surface area (Å²) in [6.07, 6.45) is 0. The van der Waals surface area contributed by atoms with Gasteiger partial charge in [-0.25, -0.2) is 0 Å². The average Bonchev–Trinajstić information content (AvgIpc) is 2.80. The maximum Gasteiger partial charge on any atom is 0.0474 e. The highest BCUT2D eigenvalue weighted by molar-refractivity contribution is 7.99. The van der Waals surface area contributed by atoms with Gasteiger partial charge in [0.25, 0.3) is 0 Å². The van der Waals surface area contributed by atoms with Crippen LogP contribution in [0.5, 0.6) is 0 Å². The van der Waals surface area contributed by atoms with Crippen LogP contribution in [0.2, 0.25) is 0 Å². The SMILES string of the molecule is ClCc1ccc(-c2ccccc2Sc2ccccc2-c2ccc(CCl)cc2)cc1. The first-order chi connectivity index (χ1) is 14.3. The standard InChI is InChI=1S/C26H20Cl2S/c27-17-19-9-13-21(14-10-19)23-5-1-3-7-25(23)29-26-8-4-2-6-24(26)22-15-11-20(18-28)12-16-22/h1-16H,17-18H2. The lowest BCUT2D eigenvalue weighted by atomic mass is 10.0. The van der Waals surface area contributed by atoms with Crippen LogP contribution in [0, 0.1) is 0 Å². The molecule has 0 aromatic heterocycles. The van der Waals surface area contributed by atoms with Crippen LogP contribution in [-0.4, -0.2) is 0 Å². The fourth-order valence-corrected chi connectivity index (χ4v) is 4.73. The van der Waals surface area contributed by atoms with Gasteiger partial charge in [-0.15, -0.1) is 23.2 Å². The average molecular weight is 435 g/mol. The first-order valence-electron chi connectivity index (χ1n) is 9.45. The van der Waals surface area contributed by atoms with Crippen LogP contribution < -0.4 is 0 Å². The zero-order valence-corrected chi connectivity index (χ0v) is 18.1. The maximum atomic E-state index is 5.95. The Balaban J connectivity index is 1.70. The number of halogens is 2. The summed E-state index contributed by atoms with van der Waals surface area (Å²) >= 11 is 13.7. The topological polar surface area (TPSA) is 0 Å². The van der Waals surface area contributed by atoms with Crippen molar-refractivity contribution in [2.24, 2.45) is 0 Å². The van der Waals surface area contributed by atoms with Crippen molar-refractivity contribution in [2.45, 2.75) is 21.6 Å². The van der Waals surface area contributed by atoms with E-state index in [0.29, 0.717) is 11.8 Å². The molecule has 3 heteroatoms. The molecule has 0 aliphatic carbocycles. The van der Waals surface area contributed by atoms with Crippen molar-refractivity contribution in [1.82, 2.24) is 0 Å². The van der Waals surface area contributed by atoms with Crippen LogP contribution in [0.15, 0.2) is 107 Å². The summed E-state index contributed by atoms with van der Waals surface area (Å²) < 4.78 is 0. The van der Waals surface area contributed by atoms with Crippen molar-refractivity contribution in [3.8, 4) is 22.3 Å². The van der Waals surface area contributed by atoms with Gasteiger partial charge in [0, 0.05) is 21.6 Å². The van der Waals surface area contributed by atoms with Gasteiger partial charge < -0.3 is 0 Å². The molecular weight excluding hydrogens is 415 g/mol. The second kappa shape index (κ2) is 9.54. The van der Waals surface area contributed by atoms with Crippen molar-refractivity contribution in [1.29, 1.82) is 0 Å². The second-order valence-corrected chi connectivity index (χ2v) is 8.37. The molecule has 0 aliphatic heterocycles. The van der Waals surface area contributed by atoms with E-state index in [1.165, 1.54) is 32.0 Å². The molecule has 0 N–H and O–H groups in total. The number of rotatable bonds is 6. The van der Waals surface area contributed by atoms with Gasteiger partial charge in [0.05, 0.1) is 0 Å². The highest BCUT2D eigenvalue weighted by Gasteiger charge is 2.10. The van der Waals surface area contributed by atoms with Gasteiger partial charge in [0.2, 0.25) is 0 Å². The summed E-state index contributed by atoms with van der Waals surface area (Å²) in [6.45, 7) is 0. The minimum absolute atomic E-state index is 0.534. The lowest BCUT2D eigenvalue weighted by Gasteiger charge is -2.13. The smallest absolute Gasteiger partial charge is 0.0474 e. The molecule has 0 unspecified atom stereocenters. The van der Waals surface area contributed by atoms with E-state index in [0.717, 1.165) is 11.1 Å². The van der Waals surface area contributed by atoms with Crippen LogP contribution >= 0.6 is 35.0 Å². The number of benzene rings is 4. The molecule has 0 fully saturated rings. The molecule has 0 saturated carbocycles. The molecule has 144 valence electrons. The third kappa shape index (κ3) is 4.70. The molecule has 4 aromatic rings. The Morgan fingerprint density at radius 1 is 0.483 bits per heavy atom. The van der Waals surface area contributed by atoms with E-state index in [9.17, 15) is 0 Å². The highest BCUT2D eigenvalue weighted by atomic mass is 35.5. The number of hydrogen-bond donors (Lipinski definition) is 0. The summed E-state index contributed by atoms with van der Waals surface area (Å²) in [7, 11) is 0. The molecule has 4 aromatic carbocycles. The maximum absolute atomic E-state index is 5.95. The Hall–Kier alpha value is -2.19. The molecule has 0 aliphatic rings. The summed E-state index contributed by atoms with van der Waals surface area (Å²) in [4.78, 5) is 2.46. The summed E-state index contributed by atoms with van der Waals surface area (Å²) in [5.74, 6) is 1.07. The van der Waals surface area contributed by atoms with E-state index >= 15 is 0 Å². The second-order valence-electron chi connectivity index (χ2n) is 6.76. The molecule has 4 rings (SSSR count). The van der Waals surface area contributed by atoms with E-state index in [2.05, 4.69) is 97.1 Å². The fourth-order valence-electron chi connectivity index (χ4n) is 3.25. The summed E-state index contributed by atoms with van der Waals surface area (Å²) in [5, 5.41) is 0. The summed E-state index contributed by atoms with van der Waals surface area (Å²) in [6, 6.07) is 34.0. The zero-order valence-electron chi connectivity index (χ0n) is 15.8. The lowest BCUT2D eigenvalue weighted by Crippen LogP contribution is -1.87. The highest BCUT2D eigenvalue weighted by Crippen LogP contribution is 2.40. The monoisotopic (exact) mass is 434 g/mol. The molecule has 0 heterocycles. The minimum Gasteiger partial charge on any atom is -0.122 e. The van der Waals surface area contributed by atoms with Crippen molar-refractivity contribution in [2.75, 3.05) is 0 Å². The van der Waals surface area contributed by atoms with Gasteiger partial charge in [-0.3, -0.25) is 0 Å². The van der Waals surface area contributed by atoms with Gasteiger partial charge >= 0.3 is 0 Å². The van der Waals surface area contributed by atoms with Gasteiger partial charge in [-0.1, -0.05) is 96.7 Å². The Bertz CT molecular complexity index is 997. The largest absolute Gasteiger partial charge is 0.122 e. The Labute approximate surface area is 186 Å². The Morgan fingerprint density at radius 2 is 0.862 bits per heavy atom. The van der Waals surface area contributed by atoms with Gasteiger partial charge in [-0.05, 0) is 45.5 Å². The third-order valence-electron chi connectivity index (χ3n) is 4.83. The quantitative estimate of drug-likeness (QED) is 0.273. The van der Waals surface area contributed by atoms with Gasteiger partial charge in [-0.2, -0.15) is 0 Å². The predicted molar refractivity (Wildman–Crippen MR) is 127 cm³/mol. The van der Waals surface area contributed by atoms with Gasteiger partial charge in [0.15, 0.2) is 0 Å². The van der Waals surface area contributed by atoms with Crippen molar-refractivity contribution in [3.63, 3.8) is 0 Å². The van der Waals surface area contributed by atoms with Crippen LogP contribution in [-0.2, 0) is 11.8 Å². The molecule has 0 amide bonds. The van der Waals surface area contributed by atoms with Crippen LogP contribution in [0.1, 0.15) is 11.1 Å². The molecule has 0 spiro atoms. The Morgan fingerprint density at radius 3 is 1.24 bits per heavy atom. The fraction of sp³-hybridized carbons (Fsp3) is 0.0769. The summed E-state index contributed by atoms with van der Waals surface area (Å²) in [5.41, 5.74) is 7.12. The predicted octanol–water partition coefficient (Wildman–Crippen LogP) is 8.65. The first-order valence-corrected chi connectivity index (χ1v) is 11.3. The molecule has 0 saturated heterocycles. The van der Waals surface area contributed by atoms with Crippen LogP contribution in [0.25, 0.3) is 22.3 Å². The first kappa shape index (κ1) is 20.1. The molecular formula is C26H20Cl2S. The molecule has 29 heavy (non-hydrogen) atoms. The zero-order chi connectivity index (χ0) is 20.1. The van der Waals surface area contributed by atoms with Crippen LogP contribution in [0.3, 0.4) is 0 Å². The minimum atomic E-state index is 0.534. The van der Waals surface area contributed by atoms with Crippen molar-refractivity contribution >= 4 is 35.0 Å². The molecule has 0 atom stereocenters. The van der Waals surface area contributed by atoms with E-state index < -0.39 is 0 Å². The molecule has 0 bridgehead atoms. The van der Waals surface area contributed by atoms with E-state index in [1.54, 1.807) is 11.8 Å². The number of hydrogen-bond acceptors (Lipinski definition) is 1. The molecule has 0 radical (unpaired) electrons. The Kier molecular flexibility index (Phi) is 6.61. The van der Waals surface area contributed by atoms with E-state index in [4.69, 9.17) is 23.2 Å². The normalized spacial score (nSPS) is 10.8. The van der Waals surface area contributed by atoms with Crippen molar-refractivity contribution in [3.05, 3.63) is 108 Å². The lowest BCUT2D eigenvalue weighted by molar-refractivity contribution is 1.36. The van der Waals surface area contributed by atoms with E-state index in [-0.39, 0.29) is 0 Å². The number of alkyl halides is 2. The van der Waals surface area contributed by atoms with Crippen molar-refractivity contribution < 1.29 is 0 Å². The van der Waals surface area contributed by atoms with Crippen LogP contribution in [0.4, 0.5) is 0 Å².